The maximum absolute atomic E-state index is 12.1. The molecule has 5 heteroatoms. The first-order chi connectivity index (χ1) is 10.1. The number of hydrogen-bond donors (Lipinski definition) is 1. The van der Waals surface area contributed by atoms with Crippen molar-refractivity contribution in [1.29, 1.82) is 0 Å². The minimum Gasteiger partial charge on any atom is -0.462 e. The van der Waals surface area contributed by atoms with Crippen LogP contribution in [0, 0.1) is 0 Å². The molecule has 1 aliphatic heterocycles. The monoisotopic (exact) mass is 291 g/mol. The third-order valence-corrected chi connectivity index (χ3v) is 3.76. The molecule has 5 nitrogen and oxygen atoms in total. The van der Waals surface area contributed by atoms with Gasteiger partial charge in [0.15, 0.2) is 0 Å². The number of ether oxygens (including phenoxy) is 1. The number of esters is 1. The Hall–Kier alpha value is -1.62. The molecule has 2 rings (SSSR count). The summed E-state index contributed by atoms with van der Waals surface area (Å²) < 4.78 is 5.15. The Kier molecular flexibility index (Phi) is 5.56. The summed E-state index contributed by atoms with van der Waals surface area (Å²) in [5, 5.41) is 3.50. The second-order valence-electron chi connectivity index (χ2n) is 5.63. The predicted molar refractivity (Wildman–Crippen MR) is 83.7 cm³/mol. The van der Waals surface area contributed by atoms with Crippen LogP contribution in [0.5, 0.6) is 0 Å². The highest BCUT2D eigenvalue weighted by atomic mass is 16.5. The van der Waals surface area contributed by atoms with E-state index in [1.54, 1.807) is 18.3 Å². The largest absolute Gasteiger partial charge is 0.462 e. The van der Waals surface area contributed by atoms with E-state index in [2.05, 4.69) is 29.0 Å². The molecule has 1 fully saturated rings. The number of pyridine rings is 1. The van der Waals surface area contributed by atoms with Crippen molar-refractivity contribution in [3.8, 4) is 0 Å². The third kappa shape index (κ3) is 3.94. The summed E-state index contributed by atoms with van der Waals surface area (Å²) in [6, 6.07) is 4.31. The van der Waals surface area contributed by atoms with E-state index in [9.17, 15) is 4.79 Å². The van der Waals surface area contributed by atoms with Gasteiger partial charge in [-0.1, -0.05) is 0 Å². The summed E-state index contributed by atoms with van der Waals surface area (Å²) in [5.74, 6) is 0.422. The van der Waals surface area contributed by atoms with Crippen molar-refractivity contribution in [2.24, 2.45) is 0 Å². The van der Waals surface area contributed by atoms with E-state index >= 15 is 0 Å². The lowest BCUT2D eigenvalue weighted by Crippen LogP contribution is -2.42. The summed E-state index contributed by atoms with van der Waals surface area (Å²) in [5.41, 5.74) is 0.547. The number of rotatable bonds is 6. The molecule has 0 saturated carbocycles. The fourth-order valence-corrected chi connectivity index (χ4v) is 2.69. The lowest BCUT2D eigenvalue weighted by atomic mass is 10.1. The van der Waals surface area contributed by atoms with Crippen LogP contribution >= 0.6 is 0 Å². The van der Waals surface area contributed by atoms with Crippen LogP contribution in [0.3, 0.4) is 0 Å². The fraction of sp³-hybridized carbons (Fsp3) is 0.625. The van der Waals surface area contributed by atoms with E-state index < -0.39 is 0 Å². The maximum Gasteiger partial charge on any atom is 0.341 e. The van der Waals surface area contributed by atoms with Crippen LogP contribution in [0.25, 0.3) is 0 Å². The summed E-state index contributed by atoms with van der Waals surface area (Å²) in [6.07, 6.45) is 4.11. The average molecular weight is 291 g/mol. The van der Waals surface area contributed by atoms with Crippen molar-refractivity contribution in [3.05, 3.63) is 23.9 Å². The van der Waals surface area contributed by atoms with Crippen molar-refractivity contribution < 1.29 is 9.53 Å². The predicted octanol–water partition coefficient (Wildman–Crippen LogP) is 2.23. The number of carbonyl (C=O) groups is 1. The molecule has 1 aromatic rings. The van der Waals surface area contributed by atoms with Gasteiger partial charge >= 0.3 is 5.97 Å². The van der Waals surface area contributed by atoms with Crippen molar-refractivity contribution in [2.75, 3.05) is 24.6 Å². The number of carbonyl (C=O) groups excluding carboxylic acids is 1. The van der Waals surface area contributed by atoms with E-state index in [1.165, 1.54) is 12.8 Å². The molecule has 116 valence electrons. The van der Waals surface area contributed by atoms with Gasteiger partial charge in [0.25, 0.3) is 0 Å². The van der Waals surface area contributed by atoms with Gasteiger partial charge in [-0.15, -0.1) is 0 Å². The first kappa shape index (κ1) is 15.8. The molecule has 0 aliphatic carbocycles. The zero-order valence-corrected chi connectivity index (χ0v) is 13.1. The van der Waals surface area contributed by atoms with E-state index in [4.69, 9.17) is 4.74 Å². The lowest BCUT2D eigenvalue weighted by molar-refractivity contribution is 0.0526. The van der Waals surface area contributed by atoms with Gasteiger partial charge < -0.3 is 15.0 Å². The van der Waals surface area contributed by atoms with E-state index in [0.29, 0.717) is 18.2 Å². The number of aromatic nitrogens is 1. The van der Waals surface area contributed by atoms with Gasteiger partial charge in [0.05, 0.1) is 6.61 Å². The highest BCUT2D eigenvalue weighted by Gasteiger charge is 2.24. The highest BCUT2D eigenvalue weighted by Crippen LogP contribution is 2.22. The van der Waals surface area contributed by atoms with Crippen molar-refractivity contribution in [2.45, 2.75) is 45.7 Å². The smallest absolute Gasteiger partial charge is 0.341 e. The zero-order valence-electron chi connectivity index (χ0n) is 13.1. The number of anilines is 1. The van der Waals surface area contributed by atoms with Gasteiger partial charge in [0.1, 0.15) is 11.4 Å². The molecular weight excluding hydrogens is 266 g/mol. The van der Waals surface area contributed by atoms with Crippen LogP contribution < -0.4 is 10.2 Å². The quantitative estimate of drug-likeness (QED) is 0.815. The molecule has 0 bridgehead atoms. The standard InChI is InChI=1S/C16H25N3O2/c1-4-21-16(20)14-8-6-10-18-15(14)19(12(2)3)11-13-7-5-9-17-13/h6,8,10,12-13,17H,4-5,7,9,11H2,1-3H3. The molecule has 21 heavy (non-hydrogen) atoms. The highest BCUT2D eigenvalue weighted by molar-refractivity contribution is 5.94. The second kappa shape index (κ2) is 7.41. The molecule has 1 saturated heterocycles. The molecule has 1 unspecified atom stereocenters. The Balaban J connectivity index is 2.24. The molecule has 1 N–H and O–H groups in total. The second-order valence-corrected chi connectivity index (χ2v) is 5.63. The van der Waals surface area contributed by atoms with Gasteiger partial charge in [0.2, 0.25) is 0 Å². The molecule has 2 heterocycles. The van der Waals surface area contributed by atoms with Crippen LogP contribution in [-0.4, -0.2) is 42.7 Å². The minimum atomic E-state index is -0.300. The third-order valence-electron chi connectivity index (χ3n) is 3.76. The van der Waals surface area contributed by atoms with Crippen LogP contribution in [0.2, 0.25) is 0 Å². The molecule has 1 aromatic heterocycles. The summed E-state index contributed by atoms with van der Waals surface area (Å²) in [7, 11) is 0. The van der Waals surface area contributed by atoms with E-state index in [0.717, 1.165) is 18.9 Å². The van der Waals surface area contributed by atoms with Crippen LogP contribution in [0.1, 0.15) is 44.0 Å². The van der Waals surface area contributed by atoms with Crippen LogP contribution in [0.4, 0.5) is 5.82 Å². The van der Waals surface area contributed by atoms with E-state index in [1.807, 2.05) is 6.92 Å². The Bertz CT molecular complexity index is 470. The van der Waals surface area contributed by atoms with Crippen molar-refractivity contribution in [1.82, 2.24) is 10.3 Å². The summed E-state index contributed by atoms with van der Waals surface area (Å²) in [4.78, 5) is 18.8. The SMILES string of the molecule is CCOC(=O)c1cccnc1N(CC1CCCN1)C(C)C. The van der Waals surface area contributed by atoms with Crippen LogP contribution in [0.15, 0.2) is 18.3 Å². The summed E-state index contributed by atoms with van der Waals surface area (Å²) in [6.45, 7) is 8.37. The molecule has 1 atom stereocenters. The molecule has 0 radical (unpaired) electrons. The van der Waals surface area contributed by atoms with Crippen molar-refractivity contribution in [3.63, 3.8) is 0 Å². The maximum atomic E-state index is 12.1. The Morgan fingerprint density at radius 2 is 2.38 bits per heavy atom. The normalized spacial score (nSPS) is 18.0. The average Bonchev–Trinajstić information content (AvgIpc) is 2.98. The molecule has 0 amide bonds. The first-order valence-corrected chi connectivity index (χ1v) is 7.75. The number of hydrogen-bond acceptors (Lipinski definition) is 5. The van der Waals surface area contributed by atoms with Gasteiger partial charge in [-0.05, 0) is 52.3 Å². The fourth-order valence-electron chi connectivity index (χ4n) is 2.69. The van der Waals surface area contributed by atoms with Gasteiger partial charge in [-0.2, -0.15) is 0 Å². The Labute approximate surface area is 126 Å². The van der Waals surface area contributed by atoms with Crippen molar-refractivity contribution >= 4 is 11.8 Å². The van der Waals surface area contributed by atoms with Gasteiger partial charge in [0, 0.05) is 24.8 Å². The van der Waals surface area contributed by atoms with Gasteiger partial charge in [-0.25, -0.2) is 9.78 Å². The lowest BCUT2D eigenvalue weighted by Gasteiger charge is -2.31. The molecule has 0 spiro atoms. The Morgan fingerprint density at radius 1 is 1.57 bits per heavy atom. The number of nitrogens with zero attached hydrogens (tertiary/aromatic N) is 2. The topological polar surface area (TPSA) is 54.5 Å². The zero-order chi connectivity index (χ0) is 15.2. The molecule has 1 aliphatic rings. The molecular formula is C16H25N3O2. The van der Waals surface area contributed by atoms with Crippen LogP contribution in [-0.2, 0) is 4.74 Å². The number of nitrogens with one attached hydrogen (secondary N) is 1. The first-order valence-electron chi connectivity index (χ1n) is 7.75. The minimum absolute atomic E-state index is 0.274. The van der Waals surface area contributed by atoms with E-state index in [-0.39, 0.29) is 12.0 Å². The Morgan fingerprint density at radius 3 is 3.00 bits per heavy atom. The molecule has 0 aromatic carbocycles. The van der Waals surface area contributed by atoms with Gasteiger partial charge in [-0.3, -0.25) is 0 Å². The summed E-state index contributed by atoms with van der Waals surface area (Å²) >= 11 is 0.